The van der Waals surface area contributed by atoms with E-state index in [1.54, 1.807) is 0 Å². The summed E-state index contributed by atoms with van der Waals surface area (Å²) in [7, 11) is 0. The van der Waals surface area contributed by atoms with Crippen LogP contribution in [0.5, 0.6) is 0 Å². The van der Waals surface area contributed by atoms with Crippen molar-refractivity contribution in [3.63, 3.8) is 0 Å². The monoisotopic (exact) mass is 443 g/mol. The summed E-state index contributed by atoms with van der Waals surface area (Å²) in [5, 5.41) is 6.88. The highest BCUT2D eigenvalue weighted by Gasteiger charge is 2.31. The zero-order valence-electron chi connectivity index (χ0n) is 14.8. The van der Waals surface area contributed by atoms with Gasteiger partial charge in [-0.2, -0.15) is 0 Å². The zero-order valence-corrected chi connectivity index (χ0v) is 17.1. The maximum absolute atomic E-state index is 4.72. The Bertz CT molecular complexity index is 523. The van der Waals surface area contributed by atoms with Crippen LogP contribution in [-0.2, 0) is 6.54 Å². The molecule has 5 nitrogen and oxygen atoms in total. The van der Waals surface area contributed by atoms with Crippen LogP contribution in [0.2, 0.25) is 0 Å². The Morgan fingerprint density at radius 3 is 2.42 bits per heavy atom. The molecule has 0 saturated carbocycles. The number of hydrogen-bond donors (Lipinski definition) is 2. The molecule has 2 bridgehead atoms. The van der Waals surface area contributed by atoms with Crippen molar-refractivity contribution in [2.45, 2.75) is 26.4 Å². The van der Waals surface area contributed by atoms with E-state index in [-0.39, 0.29) is 24.0 Å². The van der Waals surface area contributed by atoms with Gasteiger partial charge in [-0.1, -0.05) is 29.8 Å². The second-order valence-electron chi connectivity index (χ2n) is 6.55. The second-order valence-corrected chi connectivity index (χ2v) is 6.55. The molecule has 3 saturated heterocycles. The summed E-state index contributed by atoms with van der Waals surface area (Å²) in [5.74, 6) is 0.922. The smallest absolute Gasteiger partial charge is 0.191 e. The van der Waals surface area contributed by atoms with Gasteiger partial charge in [0, 0.05) is 51.9 Å². The first-order valence-electron chi connectivity index (χ1n) is 8.78. The Morgan fingerprint density at radius 1 is 1.12 bits per heavy atom. The number of guanidine groups is 1. The van der Waals surface area contributed by atoms with Gasteiger partial charge >= 0.3 is 0 Å². The van der Waals surface area contributed by atoms with Gasteiger partial charge in [-0.15, -0.1) is 24.0 Å². The molecule has 1 unspecified atom stereocenters. The summed E-state index contributed by atoms with van der Waals surface area (Å²) in [5.41, 5.74) is 2.54. The van der Waals surface area contributed by atoms with E-state index in [1.165, 1.54) is 43.9 Å². The Hall–Kier alpha value is -0.860. The molecule has 3 aliphatic rings. The number of halogens is 1. The molecule has 0 spiro atoms. The lowest BCUT2D eigenvalue weighted by Crippen LogP contribution is -2.63. The Kier molecular flexibility index (Phi) is 7.77. The van der Waals surface area contributed by atoms with E-state index >= 15 is 0 Å². The van der Waals surface area contributed by atoms with Crippen molar-refractivity contribution in [1.29, 1.82) is 0 Å². The molecule has 3 heterocycles. The predicted molar refractivity (Wildman–Crippen MR) is 111 cm³/mol. The lowest BCUT2D eigenvalue weighted by Gasteiger charge is -2.47. The molecule has 3 fully saturated rings. The number of aliphatic imine (C=N–C) groups is 1. The fraction of sp³-hybridized carbons (Fsp3) is 0.611. The van der Waals surface area contributed by atoms with E-state index in [1.807, 2.05) is 0 Å². The number of piperazine rings is 3. The van der Waals surface area contributed by atoms with Gasteiger partial charge < -0.3 is 10.6 Å². The SMILES string of the molecule is CCNC(=NCc1ccc(C)cc1)NCC1CN2CCN1CC2.I. The average molecular weight is 443 g/mol. The first kappa shape index (κ1) is 19.5. The van der Waals surface area contributed by atoms with Crippen molar-refractivity contribution in [3.05, 3.63) is 35.4 Å². The number of nitrogens with one attached hydrogen (secondary N) is 2. The summed E-state index contributed by atoms with van der Waals surface area (Å²) in [6.45, 7) is 12.9. The van der Waals surface area contributed by atoms with Gasteiger partial charge in [-0.05, 0) is 19.4 Å². The van der Waals surface area contributed by atoms with E-state index in [0.29, 0.717) is 6.04 Å². The molecular weight excluding hydrogens is 413 g/mol. The minimum atomic E-state index is 0. The summed E-state index contributed by atoms with van der Waals surface area (Å²) in [6, 6.07) is 9.21. The van der Waals surface area contributed by atoms with E-state index in [4.69, 9.17) is 4.99 Å². The maximum atomic E-state index is 4.72. The van der Waals surface area contributed by atoms with Crippen LogP contribution < -0.4 is 10.6 Å². The first-order valence-corrected chi connectivity index (χ1v) is 8.78. The van der Waals surface area contributed by atoms with E-state index in [9.17, 15) is 0 Å². The molecule has 3 aliphatic heterocycles. The number of benzene rings is 1. The third-order valence-electron chi connectivity index (χ3n) is 4.78. The summed E-state index contributed by atoms with van der Waals surface area (Å²) < 4.78 is 0. The van der Waals surface area contributed by atoms with Gasteiger partial charge in [0.1, 0.15) is 0 Å². The predicted octanol–water partition coefficient (Wildman–Crippen LogP) is 1.67. The van der Waals surface area contributed by atoms with Gasteiger partial charge in [0.25, 0.3) is 0 Å². The molecule has 2 N–H and O–H groups in total. The fourth-order valence-corrected chi connectivity index (χ4v) is 3.34. The number of aryl methyl sites for hydroxylation is 1. The molecule has 4 rings (SSSR count). The molecule has 6 heteroatoms. The second kappa shape index (κ2) is 9.58. The van der Waals surface area contributed by atoms with Crippen LogP contribution in [-0.4, -0.2) is 67.6 Å². The lowest BCUT2D eigenvalue weighted by molar-refractivity contribution is 0.0154. The molecule has 134 valence electrons. The van der Waals surface area contributed by atoms with Crippen molar-refractivity contribution in [3.8, 4) is 0 Å². The normalized spacial score (nSPS) is 25.9. The topological polar surface area (TPSA) is 42.9 Å². The van der Waals surface area contributed by atoms with E-state index in [2.05, 4.69) is 58.5 Å². The average Bonchev–Trinajstić information content (AvgIpc) is 2.60. The van der Waals surface area contributed by atoms with Gasteiger partial charge in [0.2, 0.25) is 0 Å². The van der Waals surface area contributed by atoms with Crippen LogP contribution in [0.25, 0.3) is 0 Å². The maximum Gasteiger partial charge on any atom is 0.191 e. The first-order chi connectivity index (χ1) is 11.2. The van der Waals surface area contributed by atoms with Crippen LogP contribution in [0.15, 0.2) is 29.3 Å². The molecule has 1 atom stereocenters. The molecule has 1 aromatic rings. The summed E-state index contributed by atoms with van der Waals surface area (Å²) >= 11 is 0. The number of hydrogen-bond acceptors (Lipinski definition) is 3. The lowest BCUT2D eigenvalue weighted by atomic mass is 10.1. The quantitative estimate of drug-likeness (QED) is 0.413. The van der Waals surface area contributed by atoms with Crippen LogP contribution in [0.3, 0.4) is 0 Å². The minimum Gasteiger partial charge on any atom is -0.357 e. The zero-order chi connectivity index (χ0) is 16.1. The highest BCUT2D eigenvalue weighted by molar-refractivity contribution is 14.0. The van der Waals surface area contributed by atoms with Crippen LogP contribution in [0.4, 0.5) is 0 Å². The van der Waals surface area contributed by atoms with Crippen LogP contribution in [0, 0.1) is 6.92 Å². The van der Waals surface area contributed by atoms with E-state index < -0.39 is 0 Å². The third-order valence-corrected chi connectivity index (χ3v) is 4.78. The molecule has 0 aliphatic carbocycles. The van der Waals surface area contributed by atoms with Crippen LogP contribution >= 0.6 is 24.0 Å². The van der Waals surface area contributed by atoms with Crippen LogP contribution in [0.1, 0.15) is 18.1 Å². The van der Waals surface area contributed by atoms with E-state index in [0.717, 1.165) is 25.6 Å². The Labute approximate surface area is 162 Å². The summed E-state index contributed by atoms with van der Waals surface area (Å²) in [6.07, 6.45) is 0. The largest absolute Gasteiger partial charge is 0.357 e. The highest BCUT2D eigenvalue weighted by Crippen LogP contribution is 2.14. The van der Waals surface area contributed by atoms with Gasteiger partial charge in [0.15, 0.2) is 5.96 Å². The van der Waals surface area contributed by atoms with Crippen molar-refractivity contribution in [2.75, 3.05) is 45.8 Å². The molecule has 0 amide bonds. The summed E-state index contributed by atoms with van der Waals surface area (Å²) in [4.78, 5) is 9.90. The molecule has 24 heavy (non-hydrogen) atoms. The van der Waals surface area contributed by atoms with Gasteiger partial charge in [0.05, 0.1) is 6.54 Å². The third kappa shape index (κ3) is 5.32. The van der Waals surface area contributed by atoms with Crippen molar-refractivity contribution in [1.82, 2.24) is 20.4 Å². The van der Waals surface area contributed by atoms with Crippen molar-refractivity contribution in [2.24, 2.45) is 4.99 Å². The van der Waals surface area contributed by atoms with Crippen molar-refractivity contribution < 1.29 is 0 Å². The van der Waals surface area contributed by atoms with Crippen molar-refractivity contribution >= 4 is 29.9 Å². The number of nitrogens with zero attached hydrogens (tertiary/aromatic N) is 3. The minimum absolute atomic E-state index is 0. The van der Waals surface area contributed by atoms with Gasteiger partial charge in [-0.3, -0.25) is 9.80 Å². The van der Waals surface area contributed by atoms with Gasteiger partial charge in [-0.25, -0.2) is 4.99 Å². The highest BCUT2D eigenvalue weighted by atomic mass is 127. The molecule has 1 aromatic carbocycles. The Morgan fingerprint density at radius 2 is 1.83 bits per heavy atom. The fourth-order valence-electron chi connectivity index (χ4n) is 3.34. The molecular formula is C18H30IN5. The standard InChI is InChI=1S/C18H29N5.HI/c1-3-19-18(20-12-16-6-4-15(2)5-7-16)21-13-17-14-22-8-10-23(17)11-9-22;/h4-7,17H,3,8-14H2,1-2H3,(H2,19,20,21);1H. The number of rotatable bonds is 5. The molecule has 0 aromatic heterocycles. The Balaban J connectivity index is 0.00000208. The molecule has 0 radical (unpaired) electrons. The number of fused-ring (bicyclic) bond motifs is 3.